The first-order valence-corrected chi connectivity index (χ1v) is 33.3. The van der Waals surface area contributed by atoms with Crippen molar-refractivity contribution in [1.29, 1.82) is 0 Å². The fourth-order valence-electron chi connectivity index (χ4n) is 14.8. The van der Waals surface area contributed by atoms with Crippen molar-refractivity contribution >= 4 is 69.2 Å². The molecule has 23 nitrogen and oxygen atoms in total. The van der Waals surface area contributed by atoms with Gasteiger partial charge in [-0.2, -0.15) is 0 Å². The smallest absolute Gasteiger partial charge is 0.329 e. The van der Waals surface area contributed by atoms with Crippen LogP contribution in [-0.2, 0) is 59.6 Å². The Labute approximate surface area is 539 Å². The fraction of sp³-hybridized carbons (Fsp3) is 0.514. The summed E-state index contributed by atoms with van der Waals surface area (Å²) in [7, 11) is 0. The highest BCUT2D eigenvalue weighted by Crippen LogP contribution is 2.45. The monoisotopic (exact) mass is 1260 g/mol. The number of amides is 5. The number of carbonyl (C=O) groups is 6. The number of benzene rings is 4. The summed E-state index contributed by atoms with van der Waals surface area (Å²) >= 11 is 0. The molecular weight excluding hydrogens is 1180 g/mol. The predicted octanol–water partition coefficient (Wildman–Crippen LogP) is 6.39. The van der Waals surface area contributed by atoms with Crippen molar-refractivity contribution in [2.75, 3.05) is 88.6 Å². The number of imide groups is 1. The number of hydrogen-bond donors (Lipinski definition) is 1. The zero-order valence-corrected chi connectivity index (χ0v) is 53.1. The quantitative estimate of drug-likeness (QED) is 0.0681. The number of primary amides is 1. The van der Waals surface area contributed by atoms with Crippen molar-refractivity contribution in [2.24, 2.45) is 5.73 Å². The number of piperidine rings is 1. The third-order valence-corrected chi connectivity index (χ3v) is 19.8. The van der Waals surface area contributed by atoms with E-state index in [0.717, 1.165) is 129 Å². The summed E-state index contributed by atoms with van der Waals surface area (Å²) in [5, 5.41) is 2.10. The summed E-state index contributed by atoms with van der Waals surface area (Å²) in [5.41, 5.74) is 14.2. The number of rotatable bonds is 19. The van der Waals surface area contributed by atoms with Crippen LogP contribution in [0.1, 0.15) is 144 Å². The lowest BCUT2D eigenvalue weighted by molar-refractivity contribution is -0.173. The molecule has 0 spiro atoms. The van der Waals surface area contributed by atoms with Crippen molar-refractivity contribution in [1.82, 2.24) is 44.4 Å². The highest BCUT2D eigenvalue weighted by Gasteiger charge is 2.50. The molecule has 23 heteroatoms. The minimum Gasteiger partial charge on any atom is -0.489 e. The number of hydrogen-bond acceptors (Lipinski definition) is 19. The van der Waals surface area contributed by atoms with E-state index < -0.39 is 65.7 Å². The van der Waals surface area contributed by atoms with Crippen LogP contribution in [0.3, 0.4) is 0 Å². The Balaban J connectivity index is 0.585. The molecular formula is C70H80N12O11. The van der Waals surface area contributed by atoms with Crippen LogP contribution in [0, 0.1) is 0 Å². The normalized spacial score (nSPS) is 22.9. The number of esters is 1. The number of nitrogens with zero attached hydrogens (tertiary/aromatic N) is 11. The number of morpholine rings is 2. The van der Waals surface area contributed by atoms with Gasteiger partial charge in [0.1, 0.15) is 47.4 Å². The second-order valence-corrected chi connectivity index (χ2v) is 27.7. The van der Waals surface area contributed by atoms with Crippen LogP contribution in [0.25, 0.3) is 21.8 Å². The van der Waals surface area contributed by atoms with Gasteiger partial charge in [0.05, 0.1) is 37.5 Å². The number of fused-ring (bicyclic) bond motifs is 4. The van der Waals surface area contributed by atoms with E-state index in [1.807, 2.05) is 18.5 Å². The van der Waals surface area contributed by atoms with Crippen LogP contribution in [0.2, 0.25) is 0 Å². The summed E-state index contributed by atoms with van der Waals surface area (Å²) < 4.78 is 30.2. The minimum absolute atomic E-state index is 0.0129. The van der Waals surface area contributed by atoms with E-state index in [4.69, 9.17) is 49.4 Å². The highest BCUT2D eigenvalue weighted by molar-refractivity contribution is 6.08. The molecule has 7 fully saturated rings. The van der Waals surface area contributed by atoms with Crippen molar-refractivity contribution in [3.63, 3.8) is 0 Å². The summed E-state index contributed by atoms with van der Waals surface area (Å²) in [5.74, 6) is -0.542. The lowest BCUT2D eigenvalue weighted by Crippen LogP contribution is -2.61. The molecule has 15 rings (SSSR count). The molecule has 7 aliphatic heterocycles. The maximum Gasteiger partial charge on any atom is 0.329 e. The first-order valence-electron chi connectivity index (χ1n) is 33.3. The molecule has 5 saturated heterocycles. The third-order valence-electron chi connectivity index (χ3n) is 19.8. The van der Waals surface area contributed by atoms with E-state index in [9.17, 15) is 28.8 Å². The summed E-state index contributed by atoms with van der Waals surface area (Å²) in [6.45, 7) is 15.4. The lowest BCUT2D eigenvalue weighted by atomic mass is 9.96. The van der Waals surface area contributed by atoms with Gasteiger partial charge in [0, 0.05) is 126 Å². The number of aromatic nitrogens is 4. The Kier molecular flexibility index (Phi) is 16.2. The van der Waals surface area contributed by atoms with E-state index in [0.29, 0.717) is 85.1 Å². The Morgan fingerprint density at radius 3 is 1.65 bits per heavy atom. The second kappa shape index (κ2) is 24.8. The Morgan fingerprint density at radius 1 is 0.624 bits per heavy atom. The number of nitrogens with two attached hydrogens (primary N) is 1. The predicted molar refractivity (Wildman–Crippen MR) is 342 cm³/mol. The van der Waals surface area contributed by atoms with E-state index >= 15 is 0 Å². The van der Waals surface area contributed by atoms with Crippen molar-refractivity contribution in [2.45, 2.75) is 153 Å². The fourth-order valence-corrected chi connectivity index (χ4v) is 14.8. The van der Waals surface area contributed by atoms with Gasteiger partial charge in [0.15, 0.2) is 0 Å². The van der Waals surface area contributed by atoms with Crippen LogP contribution in [-0.4, -0.2) is 195 Å². The summed E-state index contributed by atoms with van der Waals surface area (Å²) in [6, 6.07) is 15.4. The van der Waals surface area contributed by atoms with Crippen LogP contribution in [0.4, 0.5) is 11.9 Å². The third kappa shape index (κ3) is 12.7. The Hall–Kier alpha value is -8.38. The molecule has 2 saturated carbocycles. The zero-order valence-electron chi connectivity index (χ0n) is 53.1. The highest BCUT2D eigenvalue weighted by atomic mass is 16.6. The molecule has 4 aromatic carbocycles. The Morgan fingerprint density at radius 2 is 1.14 bits per heavy atom. The van der Waals surface area contributed by atoms with Crippen LogP contribution >= 0.6 is 0 Å². The molecule has 5 amide bonds. The van der Waals surface area contributed by atoms with Gasteiger partial charge in [0.2, 0.25) is 23.7 Å². The van der Waals surface area contributed by atoms with Gasteiger partial charge < -0.3 is 49.0 Å². The van der Waals surface area contributed by atoms with E-state index in [-0.39, 0.29) is 38.1 Å². The van der Waals surface area contributed by atoms with Gasteiger partial charge in [-0.15, -0.1) is 0 Å². The van der Waals surface area contributed by atoms with Gasteiger partial charge in [-0.25, -0.2) is 24.7 Å². The second-order valence-electron chi connectivity index (χ2n) is 27.7. The molecule has 9 heterocycles. The average molecular weight is 1270 g/mol. The van der Waals surface area contributed by atoms with Gasteiger partial charge in [-0.3, -0.25) is 38.7 Å². The number of carbonyl (C=O) groups excluding carboxylic acids is 6. The van der Waals surface area contributed by atoms with Crippen LogP contribution < -0.4 is 25.0 Å². The maximum absolute atomic E-state index is 15.0. The molecule has 9 aliphatic rings. The molecule has 6 aromatic rings. The largest absolute Gasteiger partial charge is 0.489 e. The molecule has 0 unspecified atom stereocenters. The van der Waals surface area contributed by atoms with E-state index in [1.54, 1.807) is 51.1 Å². The minimum atomic E-state index is -1.67. The van der Waals surface area contributed by atoms with Crippen molar-refractivity contribution in [3.8, 4) is 11.5 Å². The summed E-state index contributed by atoms with van der Waals surface area (Å²) in [6.07, 6.45) is 9.23. The molecule has 2 N–H and O–H groups in total. The van der Waals surface area contributed by atoms with Crippen molar-refractivity contribution in [3.05, 3.63) is 118 Å². The lowest BCUT2D eigenvalue weighted by Gasteiger charge is -2.40. The zero-order chi connectivity index (χ0) is 63.8. The van der Waals surface area contributed by atoms with Gasteiger partial charge in [-0.1, -0.05) is 12.1 Å². The SMILES string of the molecule is CC(C)(C)OC(=O)[C@H](C[C@@H](C(N)=O)N1Cc2cc(O[C@H]3CCN(Cc4cc(C5CC5)c5nc(N6CCOCC6)ncc5c4)C3)ccc2C1=O)N1C(=O)CC[C@H](N2Cc3cc(O[C@H]4CCN(Cc5cc(C6CC6)c6nc(N7CCOCC7)ncc6c5)C4)ccc3C2=O)C1=O. The summed E-state index contributed by atoms with van der Waals surface area (Å²) in [4.78, 5) is 118. The first-order chi connectivity index (χ1) is 45.0. The van der Waals surface area contributed by atoms with Crippen molar-refractivity contribution < 1.29 is 52.5 Å². The number of likely N-dealkylation sites (tertiary alicyclic amines) is 3. The topological polar surface area (TPSA) is 249 Å². The van der Waals surface area contributed by atoms with E-state index in [1.165, 1.54) is 32.1 Å². The number of ether oxygens (including phenoxy) is 5. The molecule has 0 radical (unpaired) electrons. The maximum atomic E-state index is 15.0. The molecule has 486 valence electrons. The average Bonchev–Trinajstić information content (AvgIpc) is 1.86. The molecule has 5 atom stereocenters. The van der Waals surface area contributed by atoms with Crippen LogP contribution in [0.15, 0.2) is 73.1 Å². The molecule has 93 heavy (non-hydrogen) atoms. The van der Waals surface area contributed by atoms with Gasteiger partial charge in [0.25, 0.3) is 17.7 Å². The van der Waals surface area contributed by atoms with Gasteiger partial charge >= 0.3 is 5.97 Å². The molecule has 0 bridgehead atoms. The van der Waals surface area contributed by atoms with E-state index in [2.05, 4.69) is 43.9 Å². The van der Waals surface area contributed by atoms with Crippen LogP contribution in [0.5, 0.6) is 11.5 Å². The molecule has 2 aliphatic carbocycles. The Bertz CT molecular complexity index is 3970. The first kappa shape index (κ1) is 60.8. The van der Waals surface area contributed by atoms with Gasteiger partial charge in [-0.05, 0) is 159 Å². The number of anilines is 2. The standard InChI is InChI=1S/C70H80N12O11/c1-70(2,3)93-67(88)59(32-58(63(71)84)81-38-48-31-50(9-11-54(48)65(81)86)92-52-15-17-77(40-52)36-42-27-46-34-73-69(79-20-24-90-25-21-79)75-62(46)56(29-42)44-6-7-44)82-60(83)13-12-57(66(82)87)80-37-47-30-49(8-10-53(47)64(80)85)91-51-14-16-76(39-51)35-41-26-45-33-72-68(78-18-22-89-23-19-78)74-61(45)55(28-41)43-4-5-43/h8-11,26-31,33-34,43-44,51-52,57-59H,4-7,12-25,32,35-40H2,1-3H3,(H2,71,84)/t51-,52-,57-,58-,59-/m0/s1. The molecule has 2 aromatic heterocycles.